The number of methoxy groups -OCH3 is 3. The van der Waals surface area contributed by atoms with Crippen molar-refractivity contribution in [1.82, 2.24) is 15.1 Å². The molecule has 0 spiro atoms. The average Bonchev–Trinajstić information content (AvgIpc) is 2.70. The van der Waals surface area contributed by atoms with Crippen LogP contribution in [0.4, 0.5) is 0 Å². The Labute approximate surface area is 155 Å². The molecule has 1 amide bonds. The van der Waals surface area contributed by atoms with Crippen LogP contribution in [0.1, 0.15) is 13.0 Å². The predicted octanol–water partition coefficient (Wildman–Crippen LogP) is 0.778. The lowest BCUT2D eigenvalue weighted by atomic mass is 10.1. The van der Waals surface area contributed by atoms with Crippen LogP contribution < -0.4 is 20.3 Å². The molecule has 1 aromatic heterocycles. The number of nitrogens with one attached hydrogen (secondary N) is 1. The first kappa shape index (κ1) is 20.0. The maximum Gasteiger partial charge on any atom is 0.325 e. The standard InChI is InChI=1S/C18H21N3O6/c1-11(18(24)19-10-16(23)27-4)21-15(22)9-14(26-3)17(20-21)12-5-7-13(25-2)8-6-12/h5-9,11H,10H2,1-4H3,(H,19,24)/t11-/m1/s1. The van der Waals surface area contributed by atoms with Crippen molar-refractivity contribution in [3.05, 3.63) is 40.7 Å². The third kappa shape index (κ3) is 4.63. The summed E-state index contributed by atoms with van der Waals surface area (Å²) in [6, 6.07) is 7.35. The molecule has 0 aliphatic rings. The van der Waals surface area contributed by atoms with Crippen molar-refractivity contribution in [2.24, 2.45) is 0 Å². The smallest absolute Gasteiger partial charge is 0.325 e. The lowest BCUT2D eigenvalue weighted by molar-refractivity contribution is -0.141. The zero-order chi connectivity index (χ0) is 20.0. The van der Waals surface area contributed by atoms with Crippen LogP contribution in [0.5, 0.6) is 11.5 Å². The number of hydrogen-bond acceptors (Lipinski definition) is 7. The molecule has 1 atom stereocenters. The first-order valence-electron chi connectivity index (χ1n) is 8.08. The Bertz CT molecular complexity index is 876. The number of hydrogen-bond donors (Lipinski definition) is 1. The number of nitrogens with zero attached hydrogens (tertiary/aromatic N) is 2. The van der Waals surface area contributed by atoms with Crippen LogP contribution in [0.2, 0.25) is 0 Å². The molecule has 27 heavy (non-hydrogen) atoms. The molecule has 0 saturated carbocycles. The highest BCUT2D eigenvalue weighted by Gasteiger charge is 2.21. The fourth-order valence-corrected chi connectivity index (χ4v) is 2.33. The minimum absolute atomic E-state index is 0.281. The van der Waals surface area contributed by atoms with E-state index < -0.39 is 23.5 Å². The minimum atomic E-state index is -0.940. The topological polar surface area (TPSA) is 109 Å². The quantitative estimate of drug-likeness (QED) is 0.712. The van der Waals surface area contributed by atoms with E-state index in [-0.39, 0.29) is 12.3 Å². The van der Waals surface area contributed by atoms with Gasteiger partial charge in [-0.2, -0.15) is 5.10 Å². The molecule has 2 aromatic rings. The number of rotatable bonds is 7. The van der Waals surface area contributed by atoms with Crippen molar-refractivity contribution in [2.45, 2.75) is 13.0 Å². The van der Waals surface area contributed by atoms with Crippen molar-refractivity contribution < 1.29 is 23.8 Å². The highest BCUT2D eigenvalue weighted by molar-refractivity contribution is 5.84. The second-order valence-corrected chi connectivity index (χ2v) is 5.54. The van der Waals surface area contributed by atoms with E-state index in [1.165, 1.54) is 27.2 Å². The first-order chi connectivity index (χ1) is 12.9. The molecule has 0 aliphatic heterocycles. The van der Waals surface area contributed by atoms with Crippen molar-refractivity contribution in [2.75, 3.05) is 27.9 Å². The Morgan fingerprint density at radius 1 is 1.15 bits per heavy atom. The molecule has 2 rings (SSSR count). The zero-order valence-corrected chi connectivity index (χ0v) is 15.5. The van der Waals surface area contributed by atoms with Crippen molar-refractivity contribution in [3.8, 4) is 22.8 Å². The molecule has 0 fully saturated rings. The molecule has 0 unspecified atom stereocenters. The summed E-state index contributed by atoms with van der Waals surface area (Å²) in [6.45, 7) is 1.21. The maximum absolute atomic E-state index is 12.4. The van der Waals surface area contributed by atoms with Gasteiger partial charge in [-0.25, -0.2) is 4.68 Å². The van der Waals surface area contributed by atoms with Crippen LogP contribution in [0.25, 0.3) is 11.3 Å². The maximum atomic E-state index is 12.4. The minimum Gasteiger partial charge on any atom is -0.497 e. The van der Waals surface area contributed by atoms with E-state index in [9.17, 15) is 14.4 Å². The Morgan fingerprint density at radius 2 is 1.81 bits per heavy atom. The van der Waals surface area contributed by atoms with Crippen molar-refractivity contribution in [3.63, 3.8) is 0 Å². The van der Waals surface area contributed by atoms with E-state index in [0.29, 0.717) is 17.0 Å². The van der Waals surface area contributed by atoms with Gasteiger partial charge in [0.05, 0.1) is 21.3 Å². The molecule has 1 heterocycles. The van der Waals surface area contributed by atoms with Crippen LogP contribution >= 0.6 is 0 Å². The van der Waals surface area contributed by atoms with Gasteiger partial charge >= 0.3 is 5.97 Å². The molecule has 144 valence electrons. The third-order valence-electron chi connectivity index (χ3n) is 3.89. The van der Waals surface area contributed by atoms with Gasteiger partial charge in [-0.3, -0.25) is 14.4 Å². The van der Waals surface area contributed by atoms with E-state index in [0.717, 1.165) is 4.68 Å². The van der Waals surface area contributed by atoms with E-state index in [1.807, 2.05) is 0 Å². The molecule has 0 aliphatic carbocycles. The molecule has 1 aromatic carbocycles. The van der Waals surface area contributed by atoms with Gasteiger partial charge < -0.3 is 19.5 Å². The third-order valence-corrected chi connectivity index (χ3v) is 3.89. The largest absolute Gasteiger partial charge is 0.497 e. The van der Waals surface area contributed by atoms with Crippen molar-refractivity contribution in [1.29, 1.82) is 0 Å². The number of aromatic nitrogens is 2. The summed E-state index contributed by atoms with van der Waals surface area (Å²) in [6.07, 6.45) is 0. The van der Waals surface area contributed by atoms with Gasteiger partial charge in [0.25, 0.3) is 5.56 Å². The Morgan fingerprint density at radius 3 is 2.37 bits per heavy atom. The summed E-state index contributed by atoms with van der Waals surface area (Å²) >= 11 is 0. The normalized spacial score (nSPS) is 11.4. The van der Waals surface area contributed by atoms with Crippen molar-refractivity contribution >= 4 is 11.9 Å². The van der Waals surface area contributed by atoms with Crippen LogP contribution in [-0.2, 0) is 14.3 Å². The number of amides is 1. The summed E-state index contributed by atoms with van der Waals surface area (Å²) in [4.78, 5) is 35.8. The van der Waals surface area contributed by atoms with Gasteiger partial charge in [0.2, 0.25) is 5.91 Å². The van der Waals surface area contributed by atoms with E-state index in [2.05, 4.69) is 15.2 Å². The highest BCUT2D eigenvalue weighted by atomic mass is 16.5. The van der Waals surface area contributed by atoms with E-state index in [4.69, 9.17) is 9.47 Å². The van der Waals surface area contributed by atoms with Gasteiger partial charge in [0.1, 0.15) is 24.0 Å². The van der Waals surface area contributed by atoms with Gasteiger partial charge in [-0.15, -0.1) is 0 Å². The van der Waals surface area contributed by atoms with Gasteiger partial charge in [0, 0.05) is 11.6 Å². The molecule has 0 bridgehead atoms. The molecular formula is C18H21N3O6. The van der Waals surface area contributed by atoms with E-state index >= 15 is 0 Å². The summed E-state index contributed by atoms with van der Waals surface area (Å²) in [5.74, 6) is -0.185. The summed E-state index contributed by atoms with van der Waals surface area (Å²) in [5, 5.41) is 6.70. The van der Waals surface area contributed by atoms with Crippen LogP contribution in [0.3, 0.4) is 0 Å². The van der Waals surface area contributed by atoms with Crippen LogP contribution in [-0.4, -0.2) is 49.5 Å². The Hall–Kier alpha value is -3.36. The summed E-state index contributed by atoms with van der Waals surface area (Å²) < 4.78 is 15.9. The molecule has 9 nitrogen and oxygen atoms in total. The molecule has 0 radical (unpaired) electrons. The van der Waals surface area contributed by atoms with Crippen LogP contribution in [0, 0.1) is 0 Å². The second kappa shape index (κ2) is 8.84. The lowest BCUT2D eigenvalue weighted by Crippen LogP contribution is -2.39. The Balaban J connectivity index is 2.38. The number of carbonyl (C=O) groups excluding carboxylic acids is 2. The van der Waals surface area contributed by atoms with Gasteiger partial charge in [0.15, 0.2) is 5.75 Å². The number of esters is 1. The number of benzene rings is 1. The first-order valence-corrected chi connectivity index (χ1v) is 8.08. The number of ether oxygens (including phenoxy) is 3. The SMILES string of the molecule is COC(=O)CNC(=O)[C@@H](C)n1nc(-c2ccc(OC)cc2)c(OC)cc1=O. The van der Waals surface area contributed by atoms with E-state index in [1.54, 1.807) is 31.4 Å². The Kier molecular flexibility index (Phi) is 6.53. The number of carbonyl (C=O) groups is 2. The zero-order valence-electron chi connectivity index (χ0n) is 15.5. The highest BCUT2D eigenvalue weighted by Crippen LogP contribution is 2.28. The fourth-order valence-electron chi connectivity index (χ4n) is 2.33. The summed E-state index contributed by atoms with van der Waals surface area (Å²) in [7, 11) is 4.21. The van der Waals surface area contributed by atoms with Gasteiger partial charge in [-0.1, -0.05) is 0 Å². The molecule has 0 saturated heterocycles. The molecule has 9 heteroatoms. The van der Waals surface area contributed by atoms with Gasteiger partial charge in [-0.05, 0) is 31.2 Å². The molecular weight excluding hydrogens is 354 g/mol. The fraction of sp³-hybridized carbons (Fsp3) is 0.333. The van der Waals surface area contributed by atoms with Crippen LogP contribution in [0.15, 0.2) is 35.1 Å². The predicted molar refractivity (Wildman–Crippen MR) is 96.8 cm³/mol. The monoisotopic (exact) mass is 375 g/mol. The average molecular weight is 375 g/mol. The lowest BCUT2D eigenvalue weighted by Gasteiger charge is -2.16. The second-order valence-electron chi connectivity index (χ2n) is 5.54. The molecule has 1 N–H and O–H groups in total. The summed E-state index contributed by atoms with van der Waals surface area (Å²) in [5.41, 5.74) is 0.570.